The topological polar surface area (TPSA) is 66.5 Å². The summed E-state index contributed by atoms with van der Waals surface area (Å²) in [6, 6.07) is 16.3. The van der Waals surface area contributed by atoms with Gasteiger partial charge in [0.05, 0.1) is 23.4 Å². The number of anilines is 1. The first-order valence-corrected chi connectivity index (χ1v) is 7.84. The van der Waals surface area contributed by atoms with Gasteiger partial charge in [-0.05, 0) is 30.2 Å². The Hall–Kier alpha value is -2.92. The molecule has 5 nitrogen and oxygen atoms in total. The first-order chi connectivity index (χ1) is 11.8. The molecule has 2 N–H and O–H groups in total. The van der Waals surface area contributed by atoms with E-state index in [1.165, 1.54) is 5.56 Å². The van der Waals surface area contributed by atoms with E-state index in [0.29, 0.717) is 0 Å². The van der Waals surface area contributed by atoms with Crippen LogP contribution in [0.3, 0.4) is 0 Å². The third kappa shape index (κ3) is 3.61. The van der Waals surface area contributed by atoms with Crippen molar-refractivity contribution in [2.75, 3.05) is 5.32 Å². The molecule has 2 heterocycles. The van der Waals surface area contributed by atoms with Crippen molar-refractivity contribution in [1.82, 2.24) is 20.2 Å². The molecule has 0 saturated heterocycles. The molecule has 4 rings (SSSR count). The number of aromatic nitrogens is 4. The second-order valence-electron chi connectivity index (χ2n) is 5.71. The fourth-order valence-electron chi connectivity index (χ4n) is 2.69. The second kappa shape index (κ2) is 7.32. The molecule has 0 unspecified atom stereocenters. The summed E-state index contributed by atoms with van der Waals surface area (Å²) in [4.78, 5) is 9.18. The molecule has 0 atom stereocenters. The molecule has 126 valence electrons. The van der Waals surface area contributed by atoms with Crippen LogP contribution in [0.4, 0.5) is 5.82 Å². The summed E-state index contributed by atoms with van der Waals surface area (Å²) in [7, 11) is 0. The zero-order chi connectivity index (χ0) is 16.4. The number of hydrogen-bond acceptors (Lipinski definition) is 4. The van der Waals surface area contributed by atoms with E-state index < -0.39 is 0 Å². The van der Waals surface area contributed by atoms with Gasteiger partial charge in [-0.3, -0.25) is 10.1 Å². The first-order valence-electron chi connectivity index (χ1n) is 7.84. The van der Waals surface area contributed by atoms with Gasteiger partial charge in [0.1, 0.15) is 5.82 Å². The number of aromatic amines is 1. The Morgan fingerprint density at radius 2 is 1.84 bits per heavy atom. The van der Waals surface area contributed by atoms with Gasteiger partial charge in [-0.2, -0.15) is 5.10 Å². The van der Waals surface area contributed by atoms with Gasteiger partial charge >= 0.3 is 0 Å². The van der Waals surface area contributed by atoms with E-state index in [4.69, 9.17) is 0 Å². The van der Waals surface area contributed by atoms with E-state index in [-0.39, 0.29) is 12.4 Å². The van der Waals surface area contributed by atoms with Crippen LogP contribution in [0.5, 0.6) is 0 Å². The second-order valence-corrected chi connectivity index (χ2v) is 5.71. The summed E-state index contributed by atoms with van der Waals surface area (Å²) >= 11 is 0. The maximum absolute atomic E-state index is 4.64. The Morgan fingerprint density at radius 1 is 1.00 bits per heavy atom. The predicted molar refractivity (Wildman–Crippen MR) is 103 cm³/mol. The van der Waals surface area contributed by atoms with E-state index in [1.807, 2.05) is 43.5 Å². The van der Waals surface area contributed by atoms with Crippen LogP contribution >= 0.6 is 12.4 Å². The van der Waals surface area contributed by atoms with Gasteiger partial charge in [0, 0.05) is 17.8 Å². The fraction of sp³-hybridized carbons (Fsp3) is 0.105. The van der Waals surface area contributed by atoms with Crippen LogP contribution in [0, 0.1) is 6.92 Å². The molecule has 6 heteroatoms. The van der Waals surface area contributed by atoms with Crippen LogP contribution in [-0.4, -0.2) is 20.2 Å². The van der Waals surface area contributed by atoms with E-state index in [2.05, 4.69) is 43.7 Å². The molecule has 0 amide bonds. The molecular formula is C19H18ClN5. The Bertz CT molecular complexity index is 981. The third-order valence-corrected chi connectivity index (χ3v) is 4.00. The van der Waals surface area contributed by atoms with E-state index in [9.17, 15) is 0 Å². The number of fused-ring (bicyclic) bond motifs is 1. The summed E-state index contributed by atoms with van der Waals surface area (Å²) in [5.74, 6) is 0.776. The largest absolute Gasteiger partial charge is 0.365 e. The van der Waals surface area contributed by atoms with Crippen LogP contribution in [0.1, 0.15) is 11.3 Å². The Kier molecular flexibility index (Phi) is 4.95. The highest BCUT2D eigenvalue weighted by molar-refractivity contribution is 5.85. The molecular weight excluding hydrogens is 334 g/mol. The molecule has 0 aliphatic carbocycles. The summed E-state index contributed by atoms with van der Waals surface area (Å²) in [6.45, 7) is 2.74. The third-order valence-electron chi connectivity index (χ3n) is 4.00. The lowest BCUT2D eigenvalue weighted by Crippen LogP contribution is -2.02. The van der Waals surface area contributed by atoms with Gasteiger partial charge in [-0.1, -0.05) is 36.4 Å². The molecule has 0 bridgehead atoms. The van der Waals surface area contributed by atoms with Gasteiger partial charge in [0.2, 0.25) is 0 Å². The van der Waals surface area contributed by atoms with Crippen LogP contribution in [0.25, 0.3) is 22.2 Å². The lowest BCUT2D eigenvalue weighted by Gasteiger charge is -2.07. The van der Waals surface area contributed by atoms with Crippen LogP contribution in [0.15, 0.2) is 60.9 Å². The molecule has 0 spiro atoms. The molecule has 0 aliphatic rings. The normalized spacial score (nSPS) is 10.4. The van der Waals surface area contributed by atoms with Crippen molar-refractivity contribution in [2.45, 2.75) is 13.5 Å². The standard InChI is InChI=1S/C19H17N5.ClH/c1-13-16(11-22-24-13)15-7-8-17-18(9-15)20-12-19(23-17)21-10-14-5-3-2-4-6-14;/h2-9,11-12H,10H2,1H3,(H,21,23)(H,22,24);1H. The molecule has 0 saturated carbocycles. The summed E-state index contributed by atoms with van der Waals surface area (Å²) in [6.07, 6.45) is 3.61. The predicted octanol–water partition coefficient (Wildman–Crippen LogP) is 4.36. The van der Waals surface area contributed by atoms with Crippen molar-refractivity contribution in [3.8, 4) is 11.1 Å². The zero-order valence-corrected chi connectivity index (χ0v) is 14.5. The fourth-order valence-corrected chi connectivity index (χ4v) is 2.69. The number of benzene rings is 2. The van der Waals surface area contributed by atoms with Gasteiger partial charge in [-0.15, -0.1) is 12.4 Å². The van der Waals surface area contributed by atoms with E-state index >= 15 is 0 Å². The van der Waals surface area contributed by atoms with Gasteiger partial charge in [0.25, 0.3) is 0 Å². The molecule has 0 radical (unpaired) electrons. The van der Waals surface area contributed by atoms with Crippen molar-refractivity contribution in [1.29, 1.82) is 0 Å². The number of H-pyrrole nitrogens is 1. The molecule has 25 heavy (non-hydrogen) atoms. The maximum atomic E-state index is 4.64. The minimum Gasteiger partial charge on any atom is -0.365 e. The Morgan fingerprint density at radius 3 is 2.60 bits per heavy atom. The summed E-state index contributed by atoms with van der Waals surface area (Å²) in [5, 5.41) is 10.4. The van der Waals surface area contributed by atoms with Gasteiger partial charge < -0.3 is 5.32 Å². The molecule has 4 aromatic rings. The number of aryl methyl sites for hydroxylation is 1. The van der Waals surface area contributed by atoms with Gasteiger partial charge in [-0.25, -0.2) is 4.98 Å². The lowest BCUT2D eigenvalue weighted by atomic mass is 10.1. The minimum atomic E-state index is 0. The summed E-state index contributed by atoms with van der Waals surface area (Å²) < 4.78 is 0. The highest BCUT2D eigenvalue weighted by atomic mass is 35.5. The highest BCUT2D eigenvalue weighted by Gasteiger charge is 2.06. The number of halogens is 1. The maximum Gasteiger partial charge on any atom is 0.145 e. The number of rotatable bonds is 4. The lowest BCUT2D eigenvalue weighted by molar-refractivity contribution is 1.05. The monoisotopic (exact) mass is 351 g/mol. The van der Waals surface area contributed by atoms with Crippen molar-refractivity contribution in [3.63, 3.8) is 0 Å². The van der Waals surface area contributed by atoms with Crippen molar-refractivity contribution in [2.24, 2.45) is 0 Å². The molecule has 2 aromatic heterocycles. The molecule has 2 aromatic carbocycles. The average Bonchev–Trinajstić information content (AvgIpc) is 3.06. The quantitative estimate of drug-likeness (QED) is 0.573. The van der Waals surface area contributed by atoms with Gasteiger partial charge in [0.15, 0.2) is 0 Å². The zero-order valence-electron chi connectivity index (χ0n) is 13.7. The average molecular weight is 352 g/mol. The van der Waals surface area contributed by atoms with Crippen LogP contribution in [-0.2, 0) is 6.54 Å². The SMILES string of the molecule is Cc1[nH]ncc1-c1ccc2nc(NCc3ccccc3)cnc2c1.Cl. The van der Waals surface area contributed by atoms with E-state index in [0.717, 1.165) is 40.2 Å². The number of hydrogen-bond donors (Lipinski definition) is 2. The van der Waals surface area contributed by atoms with Crippen molar-refractivity contribution < 1.29 is 0 Å². The van der Waals surface area contributed by atoms with Crippen molar-refractivity contribution in [3.05, 3.63) is 72.2 Å². The molecule has 0 fully saturated rings. The first kappa shape index (κ1) is 16.9. The summed E-state index contributed by atoms with van der Waals surface area (Å²) in [5.41, 5.74) is 6.18. The smallest absolute Gasteiger partial charge is 0.145 e. The number of nitrogens with one attached hydrogen (secondary N) is 2. The van der Waals surface area contributed by atoms with Crippen LogP contribution < -0.4 is 5.32 Å². The number of nitrogens with zero attached hydrogens (tertiary/aromatic N) is 3. The Balaban J connectivity index is 0.00000182. The molecule has 0 aliphatic heterocycles. The van der Waals surface area contributed by atoms with E-state index in [1.54, 1.807) is 6.20 Å². The highest BCUT2D eigenvalue weighted by Crippen LogP contribution is 2.24. The Labute approximate surface area is 151 Å². The van der Waals surface area contributed by atoms with Crippen LogP contribution in [0.2, 0.25) is 0 Å². The minimum absolute atomic E-state index is 0. The van der Waals surface area contributed by atoms with Crippen molar-refractivity contribution >= 4 is 29.3 Å².